The molecular weight excluding hydrogens is 237 g/mol. The number of hydrogen-bond donors (Lipinski definition) is 2. The van der Waals surface area contributed by atoms with E-state index in [4.69, 9.17) is 5.11 Å². The summed E-state index contributed by atoms with van der Waals surface area (Å²) < 4.78 is 36.8. The van der Waals surface area contributed by atoms with E-state index in [1.54, 1.807) is 6.92 Å². The van der Waals surface area contributed by atoms with Gasteiger partial charge in [-0.3, -0.25) is 4.79 Å². The van der Waals surface area contributed by atoms with Gasteiger partial charge in [-0.2, -0.15) is 13.2 Å². The first-order valence-corrected chi connectivity index (χ1v) is 5.55. The van der Waals surface area contributed by atoms with E-state index < -0.39 is 31.2 Å². The third-order valence-electron chi connectivity index (χ3n) is 2.89. The van der Waals surface area contributed by atoms with Gasteiger partial charge in [-0.05, 0) is 19.9 Å². The van der Waals surface area contributed by atoms with Crippen molar-refractivity contribution >= 4 is 5.91 Å². The molecule has 1 amide bonds. The monoisotopic (exact) mass is 254 g/mol. The van der Waals surface area contributed by atoms with Crippen LogP contribution >= 0.6 is 0 Å². The third kappa shape index (κ3) is 4.16. The van der Waals surface area contributed by atoms with Crippen molar-refractivity contribution in [3.8, 4) is 0 Å². The van der Waals surface area contributed by atoms with Gasteiger partial charge in [0.25, 0.3) is 0 Å². The molecular formula is C10H17F3N2O2. The van der Waals surface area contributed by atoms with Gasteiger partial charge in [0.2, 0.25) is 5.91 Å². The Labute approximate surface area is 97.8 Å². The van der Waals surface area contributed by atoms with Crippen molar-refractivity contribution in [1.82, 2.24) is 10.2 Å². The molecule has 1 fully saturated rings. The Morgan fingerprint density at radius 3 is 2.59 bits per heavy atom. The van der Waals surface area contributed by atoms with Crippen molar-refractivity contribution in [3.05, 3.63) is 0 Å². The van der Waals surface area contributed by atoms with E-state index in [0.717, 1.165) is 0 Å². The second kappa shape index (κ2) is 5.68. The summed E-state index contributed by atoms with van der Waals surface area (Å²) in [5, 5.41) is 11.7. The molecule has 1 rings (SSSR count). The maximum atomic E-state index is 12.3. The minimum atomic E-state index is -4.43. The molecule has 4 nitrogen and oxygen atoms in total. The van der Waals surface area contributed by atoms with Crippen molar-refractivity contribution in [3.63, 3.8) is 0 Å². The van der Waals surface area contributed by atoms with Gasteiger partial charge in [-0.15, -0.1) is 0 Å². The van der Waals surface area contributed by atoms with E-state index >= 15 is 0 Å². The molecule has 1 aliphatic rings. The maximum Gasteiger partial charge on any atom is 0.406 e. The normalized spacial score (nSPS) is 25.0. The van der Waals surface area contributed by atoms with E-state index in [2.05, 4.69) is 5.32 Å². The topological polar surface area (TPSA) is 52.6 Å². The molecule has 100 valence electrons. The van der Waals surface area contributed by atoms with Crippen LogP contribution in [0.25, 0.3) is 0 Å². The van der Waals surface area contributed by atoms with Crippen molar-refractivity contribution < 1.29 is 23.1 Å². The predicted molar refractivity (Wildman–Crippen MR) is 55.3 cm³/mol. The van der Waals surface area contributed by atoms with Gasteiger partial charge in [0.05, 0.1) is 12.5 Å². The number of amides is 1. The van der Waals surface area contributed by atoms with Crippen LogP contribution in [0.15, 0.2) is 0 Å². The maximum absolute atomic E-state index is 12.3. The highest BCUT2D eigenvalue weighted by molar-refractivity contribution is 5.80. The average Bonchev–Trinajstić information content (AvgIpc) is 2.61. The Balaban J connectivity index is 2.66. The highest BCUT2D eigenvalue weighted by atomic mass is 19.4. The fourth-order valence-corrected chi connectivity index (χ4v) is 2.03. The molecule has 0 aliphatic carbocycles. The van der Waals surface area contributed by atoms with E-state index in [9.17, 15) is 18.0 Å². The van der Waals surface area contributed by atoms with Gasteiger partial charge in [0.1, 0.15) is 6.54 Å². The number of aliphatic hydroxyl groups excluding tert-OH is 1. The second-order valence-electron chi connectivity index (χ2n) is 4.24. The SMILES string of the molecule is CC1NCCC1C(=O)N(CCO)CC(F)(F)F. The lowest BCUT2D eigenvalue weighted by Gasteiger charge is -2.27. The van der Waals surface area contributed by atoms with Gasteiger partial charge in [0, 0.05) is 12.6 Å². The lowest BCUT2D eigenvalue weighted by atomic mass is 10.0. The molecule has 1 heterocycles. The highest BCUT2D eigenvalue weighted by Gasteiger charge is 2.38. The molecule has 2 N–H and O–H groups in total. The molecule has 2 atom stereocenters. The van der Waals surface area contributed by atoms with Gasteiger partial charge < -0.3 is 15.3 Å². The first-order valence-electron chi connectivity index (χ1n) is 5.55. The lowest BCUT2D eigenvalue weighted by molar-refractivity contribution is -0.164. The van der Waals surface area contributed by atoms with Gasteiger partial charge in [-0.25, -0.2) is 0 Å². The van der Waals surface area contributed by atoms with E-state index in [-0.39, 0.29) is 12.6 Å². The van der Waals surface area contributed by atoms with E-state index in [0.29, 0.717) is 17.9 Å². The molecule has 0 aromatic heterocycles. The molecule has 0 aromatic carbocycles. The Kier molecular flexibility index (Phi) is 4.76. The van der Waals surface area contributed by atoms with Crippen LogP contribution in [0.2, 0.25) is 0 Å². The quantitative estimate of drug-likeness (QED) is 0.762. The Hall–Kier alpha value is -0.820. The van der Waals surface area contributed by atoms with Crippen LogP contribution in [0, 0.1) is 5.92 Å². The van der Waals surface area contributed by atoms with Crippen LogP contribution in [-0.4, -0.2) is 54.4 Å². The largest absolute Gasteiger partial charge is 0.406 e. The lowest BCUT2D eigenvalue weighted by Crippen LogP contribution is -2.45. The summed E-state index contributed by atoms with van der Waals surface area (Å²) in [7, 11) is 0. The molecule has 17 heavy (non-hydrogen) atoms. The van der Waals surface area contributed by atoms with Gasteiger partial charge >= 0.3 is 6.18 Å². The van der Waals surface area contributed by atoms with Crippen LogP contribution < -0.4 is 5.32 Å². The first kappa shape index (κ1) is 14.2. The number of nitrogens with zero attached hydrogens (tertiary/aromatic N) is 1. The van der Waals surface area contributed by atoms with Crippen molar-refractivity contribution in [2.75, 3.05) is 26.2 Å². The van der Waals surface area contributed by atoms with Gasteiger partial charge in [0.15, 0.2) is 0 Å². The molecule has 2 unspecified atom stereocenters. The van der Waals surface area contributed by atoms with Crippen LogP contribution in [0.4, 0.5) is 13.2 Å². The standard InChI is InChI=1S/C10H17F3N2O2/c1-7-8(2-3-14-7)9(17)15(4-5-16)6-10(11,12)13/h7-8,14,16H,2-6H2,1H3. The van der Waals surface area contributed by atoms with Crippen molar-refractivity contribution in [2.24, 2.45) is 5.92 Å². The molecule has 0 spiro atoms. The Morgan fingerprint density at radius 2 is 2.18 bits per heavy atom. The summed E-state index contributed by atoms with van der Waals surface area (Å²) in [4.78, 5) is 12.6. The molecule has 0 aromatic rings. The predicted octanol–water partition coefficient (Wildman–Crippen LogP) is 0.368. The molecule has 7 heteroatoms. The van der Waals surface area contributed by atoms with Gasteiger partial charge in [-0.1, -0.05) is 0 Å². The zero-order valence-corrected chi connectivity index (χ0v) is 9.63. The summed E-state index contributed by atoms with van der Waals surface area (Å²) >= 11 is 0. The summed E-state index contributed by atoms with van der Waals surface area (Å²) in [6.07, 6.45) is -3.89. The zero-order valence-electron chi connectivity index (χ0n) is 9.63. The molecule has 0 saturated carbocycles. The number of nitrogens with one attached hydrogen (secondary N) is 1. The van der Waals surface area contributed by atoms with Crippen molar-refractivity contribution in [1.29, 1.82) is 0 Å². The molecule has 1 saturated heterocycles. The average molecular weight is 254 g/mol. The summed E-state index contributed by atoms with van der Waals surface area (Å²) in [6.45, 7) is 0.379. The number of aliphatic hydroxyl groups is 1. The highest BCUT2D eigenvalue weighted by Crippen LogP contribution is 2.22. The number of rotatable bonds is 4. The number of alkyl halides is 3. The molecule has 1 aliphatic heterocycles. The number of halogens is 3. The smallest absolute Gasteiger partial charge is 0.395 e. The fourth-order valence-electron chi connectivity index (χ4n) is 2.03. The van der Waals surface area contributed by atoms with Crippen LogP contribution in [0.3, 0.4) is 0 Å². The summed E-state index contributed by atoms with van der Waals surface area (Å²) in [6, 6.07) is -0.114. The van der Waals surface area contributed by atoms with Crippen LogP contribution in [0.5, 0.6) is 0 Å². The molecule has 0 radical (unpaired) electrons. The fraction of sp³-hybridized carbons (Fsp3) is 0.900. The number of carbonyl (C=O) groups is 1. The minimum absolute atomic E-state index is 0.114. The minimum Gasteiger partial charge on any atom is -0.395 e. The Morgan fingerprint density at radius 1 is 1.53 bits per heavy atom. The second-order valence-corrected chi connectivity index (χ2v) is 4.24. The van der Waals surface area contributed by atoms with Crippen LogP contribution in [0.1, 0.15) is 13.3 Å². The third-order valence-corrected chi connectivity index (χ3v) is 2.89. The van der Waals surface area contributed by atoms with E-state index in [1.807, 2.05) is 0 Å². The zero-order chi connectivity index (χ0) is 13.1. The Bertz CT molecular complexity index is 271. The molecule has 0 bridgehead atoms. The van der Waals surface area contributed by atoms with Crippen molar-refractivity contribution in [2.45, 2.75) is 25.6 Å². The summed E-state index contributed by atoms with van der Waals surface area (Å²) in [5.74, 6) is -0.960. The van der Waals surface area contributed by atoms with Crippen LogP contribution in [-0.2, 0) is 4.79 Å². The number of hydrogen-bond acceptors (Lipinski definition) is 3. The van der Waals surface area contributed by atoms with E-state index in [1.165, 1.54) is 0 Å². The summed E-state index contributed by atoms with van der Waals surface area (Å²) in [5.41, 5.74) is 0. The first-order chi connectivity index (χ1) is 7.85. The number of carbonyl (C=O) groups excluding carboxylic acids is 1.